The lowest BCUT2D eigenvalue weighted by molar-refractivity contribution is -0.132. The third kappa shape index (κ3) is 3.96. The number of carboxylic acid groups (broad SMARTS) is 1. The number of carbonyl (C=O) groups excluding carboxylic acids is 1. The number of hydrogen-bond donors (Lipinski definition) is 2. The molecule has 0 heterocycles. The van der Waals surface area contributed by atoms with Gasteiger partial charge in [0.2, 0.25) is 5.91 Å². The van der Waals surface area contributed by atoms with Gasteiger partial charge in [0.15, 0.2) is 0 Å². The van der Waals surface area contributed by atoms with Crippen LogP contribution in [0.5, 0.6) is 0 Å². The number of amides is 1. The topological polar surface area (TPSA) is 66.4 Å². The average molecular weight is 219 g/mol. The molecule has 1 aromatic carbocycles. The van der Waals surface area contributed by atoms with Crippen molar-refractivity contribution in [3.63, 3.8) is 0 Å². The summed E-state index contributed by atoms with van der Waals surface area (Å²) in [6.45, 7) is 1.38. The molecule has 0 saturated carbocycles. The first-order valence-corrected chi connectivity index (χ1v) is 4.83. The second-order valence-electron chi connectivity index (χ2n) is 3.30. The Hall–Kier alpha value is -2.10. The molecule has 0 saturated heterocycles. The molecular weight excluding hydrogens is 206 g/mol. The number of carbonyl (C=O) groups is 2. The van der Waals surface area contributed by atoms with E-state index in [0.29, 0.717) is 0 Å². The van der Waals surface area contributed by atoms with Crippen LogP contribution in [0.1, 0.15) is 12.5 Å². The van der Waals surface area contributed by atoms with Gasteiger partial charge < -0.3 is 10.4 Å². The van der Waals surface area contributed by atoms with E-state index in [1.165, 1.54) is 13.0 Å². The van der Waals surface area contributed by atoms with E-state index in [2.05, 4.69) is 5.32 Å². The first-order chi connectivity index (χ1) is 7.59. The van der Waals surface area contributed by atoms with Crippen molar-refractivity contribution in [2.75, 3.05) is 6.54 Å². The molecule has 4 heteroatoms. The van der Waals surface area contributed by atoms with Gasteiger partial charge in [-0.15, -0.1) is 0 Å². The van der Waals surface area contributed by atoms with Gasteiger partial charge in [-0.1, -0.05) is 30.3 Å². The summed E-state index contributed by atoms with van der Waals surface area (Å²) in [5.41, 5.74) is 0.951. The van der Waals surface area contributed by atoms with Gasteiger partial charge in [0, 0.05) is 13.5 Å². The molecule has 0 aliphatic carbocycles. The lowest BCUT2D eigenvalue weighted by Gasteiger charge is -2.03. The molecule has 0 radical (unpaired) electrons. The molecule has 0 atom stereocenters. The largest absolute Gasteiger partial charge is 0.478 e. The Kier molecular flexibility index (Phi) is 4.27. The van der Waals surface area contributed by atoms with E-state index in [1.54, 1.807) is 12.1 Å². The van der Waals surface area contributed by atoms with Crippen LogP contribution < -0.4 is 5.32 Å². The Morgan fingerprint density at radius 3 is 2.44 bits per heavy atom. The minimum absolute atomic E-state index is 0.0273. The third-order valence-corrected chi connectivity index (χ3v) is 1.94. The van der Waals surface area contributed by atoms with Gasteiger partial charge in [0.05, 0.1) is 5.57 Å². The summed E-state index contributed by atoms with van der Waals surface area (Å²) in [5.74, 6) is -1.28. The molecule has 0 aliphatic rings. The standard InChI is InChI=1S/C12H13NO3/c1-9(14)13-8-11(12(15)16)7-10-5-3-2-4-6-10/h2-7H,8H2,1H3,(H,13,14)(H,15,16)/b11-7+. The Bertz CT molecular complexity index is 410. The van der Waals surface area contributed by atoms with Crippen LogP contribution in [-0.2, 0) is 9.59 Å². The van der Waals surface area contributed by atoms with Crippen LogP contribution in [0.4, 0.5) is 0 Å². The highest BCUT2D eigenvalue weighted by Gasteiger charge is 2.07. The molecule has 0 bridgehead atoms. The summed E-state index contributed by atoms with van der Waals surface area (Å²) in [6.07, 6.45) is 1.54. The van der Waals surface area contributed by atoms with Gasteiger partial charge >= 0.3 is 5.97 Å². The SMILES string of the molecule is CC(=O)NC/C(=C\c1ccccc1)C(=O)O. The van der Waals surface area contributed by atoms with Crippen LogP contribution in [0.2, 0.25) is 0 Å². The normalized spacial score (nSPS) is 10.9. The molecule has 0 spiro atoms. The fourth-order valence-corrected chi connectivity index (χ4v) is 1.16. The van der Waals surface area contributed by atoms with E-state index in [1.807, 2.05) is 18.2 Å². The van der Waals surface area contributed by atoms with Crippen molar-refractivity contribution in [1.82, 2.24) is 5.32 Å². The zero-order valence-corrected chi connectivity index (χ0v) is 8.93. The molecule has 1 amide bonds. The molecule has 0 unspecified atom stereocenters. The highest BCUT2D eigenvalue weighted by molar-refractivity contribution is 5.93. The molecule has 16 heavy (non-hydrogen) atoms. The molecule has 84 valence electrons. The van der Waals surface area contributed by atoms with Crippen LogP contribution in [0.25, 0.3) is 6.08 Å². The monoisotopic (exact) mass is 219 g/mol. The van der Waals surface area contributed by atoms with Crippen LogP contribution in [0.15, 0.2) is 35.9 Å². The Morgan fingerprint density at radius 1 is 1.31 bits per heavy atom. The van der Waals surface area contributed by atoms with E-state index in [-0.39, 0.29) is 18.0 Å². The first kappa shape index (κ1) is 12.0. The Labute approximate surface area is 93.6 Å². The molecule has 1 aromatic rings. The maximum absolute atomic E-state index is 10.9. The molecule has 0 fully saturated rings. The predicted octanol–water partition coefficient (Wildman–Crippen LogP) is 1.29. The zero-order chi connectivity index (χ0) is 12.0. The van der Waals surface area contributed by atoms with Crippen molar-refractivity contribution in [3.05, 3.63) is 41.5 Å². The minimum atomic E-state index is -1.03. The van der Waals surface area contributed by atoms with Crippen LogP contribution in [0.3, 0.4) is 0 Å². The minimum Gasteiger partial charge on any atom is -0.478 e. The number of aliphatic carboxylic acids is 1. The van der Waals surface area contributed by atoms with Crippen molar-refractivity contribution in [1.29, 1.82) is 0 Å². The zero-order valence-electron chi connectivity index (χ0n) is 8.93. The maximum atomic E-state index is 10.9. The van der Waals surface area contributed by atoms with Crippen molar-refractivity contribution in [2.24, 2.45) is 0 Å². The molecule has 2 N–H and O–H groups in total. The number of hydrogen-bond acceptors (Lipinski definition) is 2. The molecule has 1 rings (SSSR count). The highest BCUT2D eigenvalue weighted by atomic mass is 16.4. The number of benzene rings is 1. The summed E-state index contributed by atoms with van der Waals surface area (Å²) < 4.78 is 0. The summed E-state index contributed by atoms with van der Waals surface area (Å²) in [6, 6.07) is 9.10. The Balaban J connectivity index is 2.81. The Morgan fingerprint density at radius 2 is 1.94 bits per heavy atom. The summed E-state index contributed by atoms with van der Waals surface area (Å²) in [7, 11) is 0. The molecule has 0 aromatic heterocycles. The first-order valence-electron chi connectivity index (χ1n) is 4.83. The second kappa shape index (κ2) is 5.70. The van der Waals surface area contributed by atoms with Gasteiger partial charge in [-0.05, 0) is 11.6 Å². The lowest BCUT2D eigenvalue weighted by atomic mass is 10.1. The van der Waals surface area contributed by atoms with Gasteiger partial charge in [-0.3, -0.25) is 4.79 Å². The maximum Gasteiger partial charge on any atom is 0.333 e. The molecule has 0 aliphatic heterocycles. The van der Waals surface area contributed by atoms with Crippen LogP contribution in [0, 0.1) is 0 Å². The summed E-state index contributed by atoms with van der Waals surface area (Å²) >= 11 is 0. The predicted molar refractivity (Wildman–Crippen MR) is 60.7 cm³/mol. The number of nitrogens with one attached hydrogen (secondary N) is 1. The van der Waals surface area contributed by atoms with Crippen molar-refractivity contribution in [3.8, 4) is 0 Å². The van der Waals surface area contributed by atoms with Crippen LogP contribution in [-0.4, -0.2) is 23.5 Å². The van der Waals surface area contributed by atoms with Crippen LogP contribution >= 0.6 is 0 Å². The summed E-state index contributed by atoms with van der Waals surface area (Å²) in [4.78, 5) is 21.6. The molecular formula is C12H13NO3. The third-order valence-electron chi connectivity index (χ3n) is 1.94. The smallest absolute Gasteiger partial charge is 0.333 e. The van der Waals surface area contributed by atoms with Crippen molar-refractivity contribution >= 4 is 18.0 Å². The lowest BCUT2D eigenvalue weighted by Crippen LogP contribution is -2.25. The van der Waals surface area contributed by atoms with E-state index >= 15 is 0 Å². The van der Waals surface area contributed by atoms with Gasteiger partial charge in [-0.25, -0.2) is 4.79 Å². The fourth-order valence-electron chi connectivity index (χ4n) is 1.16. The van der Waals surface area contributed by atoms with Gasteiger partial charge in [0.1, 0.15) is 0 Å². The second-order valence-corrected chi connectivity index (χ2v) is 3.30. The van der Waals surface area contributed by atoms with E-state index in [9.17, 15) is 9.59 Å². The van der Waals surface area contributed by atoms with Crippen molar-refractivity contribution < 1.29 is 14.7 Å². The molecule has 4 nitrogen and oxygen atoms in total. The average Bonchev–Trinajstić information content (AvgIpc) is 2.25. The van der Waals surface area contributed by atoms with E-state index < -0.39 is 5.97 Å². The highest BCUT2D eigenvalue weighted by Crippen LogP contribution is 2.06. The van der Waals surface area contributed by atoms with E-state index in [4.69, 9.17) is 5.11 Å². The number of carboxylic acids is 1. The fraction of sp³-hybridized carbons (Fsp3) is 0.167. The number of rotatable bonds is 4. The summed E-state index contributed by atoms with van der Waals surface area (Å²) in [5, 5.41) is 11.4. The van der Waals surface area contributed by atoms with Gasteiger partial charge in [0.25, 0.3) is 0 Å². The van der Waals surface area contributed by atoms with Gasteiger partial charge in [-0.2, -0.15) is 0 Å². The van der Waals surface area contributed by atoms with Crippen molar-refractivity contribution in [2.45, 2.75) is 6.92 Å². The quantitative estimate of drug-likeness (QED) is 0.750. The van der Waals surface area contributed by atoms with E-state index in [0.717, 1.165) is 5.56 Å².